The number of carbonyl (C=O) groups excluding carboxylic acids is 1. The molecule has 1 amide bonds. The zero-order chi connectivity index (χ0) is 14.4. The van der Waals surface area contributed by atoms with Gasteiger partial charge in [0.15, 0.2) is 0 Å². The molecule has 0 heterocycles. The van der Waals surface area contributed by atoms with Crippen LogP contribution in [-0.2, 0) is 4.79 Å². The van der Waals surface area contributed by atoms with Gasteiger partial charge in [0.1, 0.15) is 10.8 Å². The number of thiocarbonyl (C=S) groups is 1. The Labute approximate surface area is 117 Å². The highest BCUT2D eigenvalue weighted by atomic mass is 32.1. The third-order valence-corrected chi connectivity index (χ3v) is 2.64. The van der Waals surface area contributed by atoms with Gasteiger partial charge in [0.2, 0.25) is 5.91 Å². The molecule has 0 saturated carbocycles. The number of hydrogen-bond acceptors (Lipinski definition) is 3. The Kier molecular flexibility index (Phi) is 5.69. The standard InChI is InChI=1S/C13H18FN3OS/c1-8(2)6-17-12(18)7-16-11-4-3-9(13(15)19)5-10(11)14/h3-5,8,16H,6-7H2,1-2H3,(H2,15,19)(H,17,18). The molecule has 0 radical (unpaired) electrons. The van der Waals surface area contributed by atoms with Crippen molar-refractivity contribution >= 4 is 28.8 Å². The van der Waals surface area contributed by atoms with Crippen LogP contribution in [0.1, 0.15) is 19.4 Å². The lowest BCUT2D eigenvalue weighted by molar-refractivity contribution is -0.119. The molecule has 6 heteroatoms. The van der Waals surface area contributed by atoms with E-state index >= 15 is 0 Å². The number of carbonyl (C=O) groups is 1. The molecule has 4 nitrogen and oxygen atoms in total. The molecule has 0 spiro atoms. The maximum Gasteiger partial charge on any atom is 0.239 e. The van der Waals surface area contributed by atoms with Crippen LogP contribution in [0.15, 0.2) is 18.2 Å². The van der Waals surface area contributed by atoms with Gasteiger partial charge in [-0.15, -0.1) is 0 Å². The Morgan fingerprint density at radius 3 is 2.68 bits per heavy atom. The van der Waals surface area contributed by atoms with Crippen LogP contribution < -0.4 is 16.4 Å². The van der Waals surface area contributed by atoms with E-state index in [-0.39, 0.29) is 23.1 Å². The summed E-state index contributed by atoms with van der Waals surface area (Å²) in [4.78, 5) is 11.6. The predicted octanol–water partition coefficient (Wildman–Crippen LogP) is 1.64. The summed E-state index contributed by atoms with van der Waals surface area (Å²) >= 11 is 4.76. The summed E-state index contributed by atoms with van der Waals surface area (Å²) in [5, 5.41) is 5.47. The molecular weight excluding hydrogens is 265 g/mol. The molecule has 0 bridgehead atoms. The molecule has 19 heavy (non-hydrogen) atoms. The second-order valence-electron chi connectivity index (χ2n) is 4.61. The second kappa shape index (κ2) is 7.04. The van der Waals surface area contributed by atoms with Crippen molar-refractivity contribution in [3.05, 3.63) is 29.6 Å². The molecule has 0 unspecified atom stereocenters. The number of nitrogens with two attached hydrogens (primary N) is 1. The summed E-state index contributed by atoms with van der Waals surface area (Å²) in [5.41, 5.74) is 6.11. The average molecular weight is 283 g/mol. The van der Waals surface area contributed by atoms with E-state index in [0.29, 0.717) is 18.0 Å². The van der Waals surface area contributed by atoms with E-state index in [1.54, 1.807) is 6.07 Å². The number of benzene rings is 1. The molecule has 0 aliphatic rings. The first-order valence-corrected chi connectivity index (χ1v) is 6.41. The van der Waals surface area contributed by atoms with Crippen LogP contribution in [0, 0.1) is 11.7 Å². The average Bonchev–Trinajstić information content (AvgIpc) is 2.34. The number of anilines is 1. The first-order valence-electron chi connectivity index (χ1n) is 6.00. The molecular formula is C13H18FN3OS. The lowest BCUT2D eigenvalue weighted by Crippen LogP contribution is -2.32. The molecule has 0 aliphatic carbocycles. The van der Waals surface area contributed by atoms with Gasteiger partial charge in [-0.1, -0.05) is 26.1 Å². The Hall–Kier alpha value is -1.69. The van der Waals surface area contributed by atoms with Crippen molar-refractivity contribution in [3.63, 3.8) is 0 Å². The number of amides is 1. The normalized spacial score (nSPS) is 10.3. The maximum atomic E-state index is 13.7. The fourth-order valence-electron chi connectivity index (χ4n) is 1.37. The first kappa shape index (κ1) is 15.4. The highest BCUT2D eigenvalue weighted by molar-refractivity contribution is 7.80. The van der Waals surface area contributed by atoms with Crippen molar-refractivity contribution in [3.8, 4) is 0 Å². The van der Waals surface area contributed by atoms with Crippen LogP contribution in [-0.4, -0.2) is 24.0 Å². The van der Waals surface area contributed by atoms with Crippen molar-refractivity contribution in [2.45, 2.75) is 13.8 Å². The van der Waals surface area contributed by atoms with Crippen molar-refractivity contribution < 1.29 is 9.18 Å². The zero-order valence-corrected chi connectivity index (χ0v) is 11.8. The molecule has 1 aromatic rings. The minimum Gasteiger partial charge on any atom is -0.389 e. The smallest absolute Gasteiger partial charge is 0.239 e. The van der Waals surface area contributed by atoms with E-state index in [4.69, 9.17) is 18.0 Å². The summed E-state index contributed by atoms with van der Waals surface area (Å²) in [6.07, 6.45) is 0. The largest absolute Gasteiger partial charge is 0.389 e. The van der Waals surface area contributed by atoms with Crippen LogP contribution in [0.2, 0.25) is 0 Å². The van der Waals surface area contributed by atoms with Crippen LogP contribution >= 0.6 is 12.2 Å². The highest BCUT2D eigenvalue weighted by Crippen LogP contribution is 2.15. The maximum absolute atomic E-state index is 13.7. The fourth-order valence-corrected chi connectivity index (χ4v) is 1.49. The van der Waals surface area contributed by atoms with Gasteiger partial charge in [-0.25, -0.2) is 4.39 Å². The van der Waals surface area contributed by atoms with Gasteiger partial charge in [0.05, 0.1) is 12.2 Å². The topological polar surface area (TPSA) is 67.2 Å². The van der Waals surface area contributed by atoms with Gasteiger partial charge in [-0.3, -0.25) is 4.79 Å². The molecule has 104 valence electrons. The van der Waals surface area contributed by atoms with Crippen LogP contribution in [0.3, 0.4) is 0 Å². The Balaban J connectivity index is 2.54. The number of nitrogens with one attached hydrogen (secondary N) is 2. The number of rotatable bonds is 6. The van der Waals surface area contributed by atoms with E-state index in [2.05, 4.69) is 10.6 Å². The molecule has 1 rings (SSSR count). The van der Waals surface area contributed by atoms with Crippen molar-refractivity contribution in [1.82, 2.24) is 5.32 Å². The summed E-state index contributed by atoms with van der Waals surface area (Å²) in [6.45, 7) is 4.63. The molecule has 1 aromatic carbocycles. The SMILES string of the molecule is CC(C)CNC(=O)CNc1ccc(C(N)=S)cc1F. The summed E-state index contributed by atoms with van der Waals surface area (Å²) in [5.74, 6) is -0.279. The van der Waals surface area contributed by atoms with Crippen molar-refractivity contribution in [2.75, 3.05) is 18.4 Å². The molecule has 4 N–H and O–H groups in total. The Morgan fingerprint density at radius 1 is 1.47 bits per heavy atom. The lowest BCUT2D eigenvalue weighted by Gasteiger charge is -2.10. The minimum atomic E-state index is -0.484. The zero-order valence-electron chi connectivity index (χ0n) is 11.0. The Bertz CT molecular complexity index is 477. The van der Waals surface area contributed by atoms with E-state index in [0.717, 1.165) is 0 Å². The molecule has 0 aliphatic heterocycles. The van der Waals surface area contributed by atoms with E-state index in [9.17, 15) is 9.18 Å². The van der Waals surface area contributed by atoms with Gasteiger partial charge in [0, 0.05) is 12.1 Å². The van der Waals surface area contributed by atoms with E-state index < -0.39 is 5.82 Å². The molecule has 0 atom stereocenters. The predicted molar refractivity (Wildman–Crippen MR) is 78.6 cm³/mol. The number of hydrogen-bond donors (Lipinski definition) is 3. The van der Waals surface area contributed by atoms with Crippen LogP contribution in [0.4, 0.5) is 10.1 Å². The molecule has 0 fully saturated rings. The van der Waals surface area contributed by atoms with Gasteiger partial charge in [-0.2, -0.15) is 0 Å². The van der Waals surface area contributed by atoms with Gasteiger partial charge in [0.25, 0.3) is 0 Å². The Morgan fingerprint density at radius 2 is 2.16 bits per heavy atom. The third kappa shape index (κ3) is 5.21. The first-order chi connectivity index (χ1) is 8.90. The summed E-state index contributed by atoms with van der Waals surface area (Å²) in [7, 11) is 0. The number of halogens is 1. The third-order valence-electron chi connectivity index (χ3n) is 2.40. The van der Waals surface area contributed by atoms with E-state index in [1.807, 2.05) is 13.8 Å². The van der Waals surface area contributed by atoms with Crippen molar-refractivity contribution in [2.24, 2.45) is 11.7 Å². The lowest BCUT2D eigenvalue weighted by atomic mass is 10.2. The minimum absolute atomic E-state index is 0.0239. The van der Waals surface area contributed by atoms with Gasteiger partial charge < -0.3 is 16.4 Å². The molecule has 0 saturated heterocycles. The van der Waals surface area contributed by atoms with Crippen molar-refractivity contribution in [1.29, 1.82) is 0 Å². The van der Waals surface area contributed by atoms with Crippen LogP contribution in [0.25, 0.3) is 0 Å². The monoisotopic (exact) mass is 283 g/mol. The summed E-state index contributed by atoms with van der Waals surface area (Å²) in [6, 6.07) is 4.37. The van der Waals surface area contributed by atoms with Gasteiger partial charge in [-0.05, 0) is 24.1 Å². The second-order valence-corrected chi connectivity index (χ2v) is 5.05. The fraction of sp³-hybridized carbons (Fsp3) is 0.385. The van der Waals surface area contributed by atoms with Crippen LogP contribution in [0.5, 0.6) is 0 Å². The molecule has 0 aromatic heterocycles. The quantitative estimate of drug-likeness (QED) is 0.694. The van der Waals surface area contributed by atoms with Gasteiger partial charge >= 0.3 is 0 Å². The van der Waals surface area contributed by atoms with E-state index in [1.165, 1.54) is 12.1 Å². The highest BCUT2D eigenvalue weighted by Gasteiger charge is 2.07. The summed E-state index contributed by atoms with van der Waals surface area (Å²) < 4.78 is 13.7.